The molecule has 2 fully saturated rings. The summed E-state index contributed by atoms with van der Waals surface area (Å²) in [5.74, 6) is 3.61. The molecule has 5 atom stereocenters. The van der Waals surface area contributed by atoms with Gasteiger partial charge in [0, 0.05) is 12.3 Å². The highest BCUT2D eigenvalue weighted by Gasteiger charge is 2.48. The third-order valence-corrected chi connectivity index (χ3v) is 6.35. The molecule has 2 rings (SSSR count). The first kappa shape index (κ1) is 15.8. The van der Waals surface area contributed by atoms with Gasteiger partial charge >= 0.3 is 0 Å². The van der Waals surface area contributed by atoms with Gasteiger partial charge in [0.25, 0.3) is 0 Å². The molecule has 0 aromatic carbocycles. The topological polar surface area (TPSA) is 17.1 Å². The third kappa shape index (κ3) is 2.87. The standard InChI is InChI=1S/C19H32O/c1-6-7-16-14(4)8-9-17-15(13(2)3)10-11-19(17,5)12-18(16)20/h6,13-17H,1,7-12H2,2-5H3/t14-,15+,16+,17-,19+/m1/s1. The van der Waals surface area contributed by atoms with Crippen molar-refractivity contribution in [3.05, 3.63) is 12.7 Å². The Balaban J connectivity index is 2.21. The summed E-state index contributed by atoms with van der Waals surface area (Å²) in [6.45, 7) is 13.2. The molecule has 2 aliphatic carbocycles. The minimum Gasteiger partial charge on any atom is -0.299 e. The first-order valence-corrected chi connectivity index (χ1v) is 8.52. The van der Waals surface area contributed by atoms with E-state index < -0.39 is 0 Å². The van der Waals surface area contributed by atoms with Gasteiger partial charge in [0.1, 0.15) is 5.78 Å². The smallest absolute Gasteiger partial charge is 0.137 e. The Labute approximate surface area is 125 Å². The van der Waals surface area contributed by atoms with Crippen LogP contribution in [0, 0.1) is 35.0 Å². The molecule has 0 unspecified atom stereocenters. The minimum absolute atomic E-state index is 0.225. The second kappa shape index (κ2) is 6.03. The summed E-state index contributed by atoms with van der Waals surface area (Å²) in [6.07, 6.45) is 8.73. The number of rotatable bonds is 3. The fourth-order valence-corrected chi connectivity index (χ4v) is 5.01. The zero-order chi connectivity index (χ0) is 14.9. The molecule has 0 amide bonds. The zero-order valence-corrected chi connectivity index (χ0v) is 13.8. The van der Waals surface area contributed by atoms with Gasteiger partial charge in [0.2, 0.25) is 0 Å². The molecule has 114 valence electrons. The van der Waals surface area contributed by atoms with Crippen LogP contribution >= 0.6 is 0 Å². The van der Waals surface area contributed by atoms with E-state index in [2.05, 4.69) is 34.3 Å². The minimum atomic E-state index is 0.225. The highest BCUT2D eigenvalue weighted by molar-refractivity contribution is 5.82. The summed E-state index contributed by atoms with van der Waals surface area (Å²) < 4.78 is 0. The van der Waals surface area contributed by atoms with Crippen molar-refractivity contribution >= 4 is 5.78 Å². The Morgan fingerprint density at radius 3 is 2.65 bits per heavy atom. The molecule has 0 N–H and O–H groups in total. The SMILES string of the molecule is C=CC[C@@H]1C(=O)C[C@]2(C)CC[C@@H](C(C)C)[C@H]2CC[C@H]1C. The monoisotopic (exact) mass is 276 g/mol. The molecule has 0 radical (unpaired) electrons. The van der Waals surface area contributed by atoms with Crippen molar-refractivity contribution in [2.75, 3.05) is 0 Å². The van der Waals surface area contributed by atoms with Gasteiger partial charge in [-0.05, 0) is 61.2 Å². The van der Waals surface area contributed by atoms with E-state index in [0.717, 1.165) is 30.6 Å². The second-order valence-corrected chi connectivity index (χ2v) is 8.04. The molecular formula is C19H32O. The molecule has 20 heavy (non-hydrogen) atoms. The first-order valence-electron chi connectivity index (χ1n) is 8.52. The molecular weight excluding hydrogens is 244 g/mol. The van der Waals surface area contributed by atoms with Crippen molar-refractivity contribution < 1.29 is 4.79 Å². The molecule has 2 saturated carbocycles. The van der Waals surface area contributed by atoms with Crippen LogP contribution in [0.5, 0.6) is 0 Å². The highest BCUT2D eigenvalue weighted by atomic mass is 16.1. The lowest BCUT2D eigenvalue weighted by Gasteiger charge is -2.40. The van der Waals surface area contributed by atoms with Crippen LogP contribution in [0.3, 0.4) is 0 Å². The average Bonchev–Trinajstić information content (AvgIpc) is 2.68. The maximum atomic E-state index is 12.7. The first-order chi connectivity index (χ1) is 9.39. The van der Waals surface area contributed by atoms with Crippen LogP contribution in [0.2, 0.25) is 0 Å². The van der Waals surface area contributed by atoms with E-state index in [4.69, 9.17) is 0 Å². The van der Waals surface area contributed by atoms with Crippen LogP contribution in [0.15, 0.2) is 12.7 Å². The summed E-state index contributed by atoms with van der Waals surface area (Å²) in [5, 5.41) is 0. The lowest BCUT2D eigenvalue weighted by Crippen LogP contribution is -2.36. The Morgan fingerprint density at radius 2 is 2.05 bits per heavy atom. The van der Waals surface area contributed by atoms with Crippen molar-refractivity contribution in [1.82, 2.24) is 0 Å². The quantitative estimate of drug-likeness (QED) is 0.643. The summed E-state index contributed by atoms with van der Waals surface area (Å²) >= 11 is 0. The van der Waals surface area contributed by atoms with Gasteiger partial charge in [0.05, 0.1) is 0 Å². The van der Waals surface area contributed by atoms with Crippen LogP contribution in [-0.4, -0.2) is 5.78 Å². The van der Waals surface area contributed by atoms with E-state index in [9.17, 15) is 4.79 Å². The van der Waals surface area contributed by atoms with Gasteiger partial charge in [-0.25, -0.2) is 0 Å². The Bertz CT molecular complexity index is 370. The number of fused-ring (bicyclic) bond motifs is 1. The highest BCUT2D eigenvalue weighted by Crippen LogP contribution is 2.55. The van der Waals surface area contributed by atoms with E-state index in [1.54, 1.807) is 0 Å². The molecule has 0 saturated heterocycles. The maximum absolute atomic E-state index is 12.7. The lowest BCUT2D eigenvalue weighted by molar-refractivity contribution is -0.128. The number of Topliss-reactive ketones (excluding diaryl/α,β-unsaturated/α-hetero) is 1. The number of allylic oxidation sites excluding steroid dienone is 1. The van der Waals surface area contributed by atoms with Crippen LogP contribution < -0.4 is 0 Å². The van der Waals surface area contributed by atoms with Crippen LogP contribution in [0.25, 0.3) is 0 Å². The van der Waals surface area contributed by atoms with Gasteiger partial charge < -0.3 is 0 Å². The Hall–Kier alpha value is -0.590. The van der Waals surface area contributed by atoms with Crippen molar-refractivity contribution in [2.24, 2.45) is 35.0 Å². The molecule has 1 nitrogen and oxygen atoms in total. The second-order valence-electron chi connectivity index (χ2n) is 8.04. The lowest BCUT2D eigenvalue weighted by atomic mass is 9.64. The van der Waals surface area contributed by atoms with E-state index in [1.807, 2.05) is 6.08 Å². The summed E-state index contributed by atoms with van der Waals surface area (Å²) in [7, 11) is 0. The number of carbonyl (C=O) groups excluding carboxylic acids is 1. The van der Waals surface area contributed by atoms with Gasteiger partial charge in [0.15, 0.2) is 0 Å². The summed E-state index contributed by atoms with van der Waals surface area (Å²) in [5.41, 5.74) is 0.269. The Kier molecular flexibility index (Phi) is 4.76. The van der Waals surface area contributed by atoms with Gasteiger partial charge in [-0.3, -0.25) is 4.79 Å². The molecule has 2 aliphatic rings. The zero-order valence-electron chi connectivity index (χ0n) is 13.8. The molecule has 0 aromatic rings. The number of ketones is 1. The van der Waals surface area contributed by atoms with Crippen LogP contribution in [0.4, 0.5) is 0 Å². The van der Waals surface area contributed by atoms with Crippen molar-refractivity contribution in [3.63, 3.8) is 0 Å². The normalized spacial score (nSPS) is 42.1. The van der Waals surface area contributed by atoms with E-state index in [0.29, 0.717) is 11.7 Å². The fraction of sp³-hybridized carbons (Fsp3) is 0.842. The van der Waals surface area contributed by atoms with E-state index >= 15 is 0 Å². The Morgan fingerprint density at radius 1 is 1.35 bits per heavy atom. The van der Waals surface area contributed by atoms with Gasteiger partial charge in [-0.15, -0.1) is 6.58 Å². The molecule has 1 heteroatoms. The predicted octanol–water partition coefficient (Wildman–Crippen LogP) is 5.26. The largest absolute Gasteiger partial charge is 0.299 e. The fourth-order valence-electron chi connectivity index (χ4n) is 5.01. The summed E-state index contributed by atoms with van der Waals surface area (Å²) in [4.78, 5) is 12.7. The van der Waals surface area contributed by atoms with E-state index in [-0.39, 0.29) is 11.3 Å². The molecule has 0 bridgehead atoms. The number of hydrogen-bond donors (Lipinski definition) is 0. The predicted molar refractivity (Wildman–Crippen MR) is 85.5 cm³/mol. The van der Waals surface area contributed by atoms with E-state index in [1.165, 1.54) is 25.7 Å². The van der Waals surface area contributed by atoms with Crippen LogP contribution in [0.1, 0.15) is 66.2 Å². The third-order valence-electron chi connectivity index (χ3n) is 6.35. The van der Waals surface area contributed by atoms with Crippen molar-refractivity contribution in [3.8, 4) is 0 Å². The molecule has 0 aromatic heterocycles. The summed E-state index contributed by atoms with van der Waals surface area (Å²) in [6, 6.07) is 0. The average molecular weight is 276 g/mol. The number of hydrogen-bond acceptors (Lipinski definition) is 1. The van der Waals surface area contributed by atoms with Gasteiger partial charge in [-0.1, -0.05) is 33.8 Å². The molecule has 0 spiro atoms. The number of carbonyl (C=O) groups is 1. The van der Waals surface area contributed by atoms with Gasteiger partial charge in [-0.2, -0.15) is 0 Å². The van der Waals surface area contributed by atoms with Crippen molar-refractivity contribution in [2.45, 2.75) is 66.2 Å². The molecule has 0 aliphatic heterocycles. The molecule has 0 heterocycles. The van der Waals surface area contributed by atoms with Crippen LogP contribution in [-0.2, 0) is 4.79 Å². The van der Waals surface area contributed by atoms with Crippen molar-refractivity contribution in [1.29, 1.82) is 0 Å². The maximum Gasteiger partial charge on any atom is 0.137 e.